The maximum atomic E-state index is 11.7. The molecule has 0 aliphatic carbocycles. The fourth-order valence-corrected chi connectivity index (χ4v) is 2.93. The summed E-state index contributed by atoms with van der Waals surface area (Å²) in [5, 5.41) is 0. The summed E-state index contributed by atoms with van der Waals surface area (Å²) in [5.41, 5.74) is 0. The van der Waals surface area contributed by atoms with Crippen LogP contribution in [0, 0.1) is 11.8 Å². The molecule has 0 amide bonds. The van der Waals surface area contributed by atoms with Gasteiger partial charge in [0.2, 0.25) is 0 Å². The highest BCUT2D eigenvalue weighted by atomic mass is 16.5. The Balaban J connectivity index is 3.67. The van der Waals surface area contributed by atoms with E-state index in [0.717, 1.165) is 44.3 Å². The molecule has 0 aliphatic heterocycles. The SMILES string of the molecule is CCCCCCCCCCC#CCOC(=O)/C=C/C(=O)OC(C)CCCCCC. The van der Waals surface area contributed by atoms with E-state index in [1.165, 1.54) is 57.8 Å². The molecule has 0 aromatic carbocycles. The molecule has 0 fully saturated rings. The number of unbranched alkanes of at least 4 members (excludes halogenated alkanes) is 11. The van der Waals surface area contributed by atoms with E-state index in [2.05, 4.69) is 25.7 Å². The standard InChI is InChI=1S/C25H42O4/c1-4-6-8-10-11-12-13-14-15-16-18-22-28-24(26)20-21-25(27)29-23(3)19-17-9-7-5-2/h20-21,23H,4-15,17,19,22H2,1-3H3/b21-20+. The summed E-state index contributed by atoms with van der Waals surface area (Å²) >= 11 is 0. The number of hydrogen-bond acceptors (Lipinski definition) is 4. The molecule has 0 saturated heterocycles. The van der Waals surface area contributed by atoms with Crippen LogP contribution in [0.1, 0.15) is 111 Å². The molecule has 0 aromatic rings. The number of ether oxygens (including phenoxy) is 2. The average Bonchev–Trinajstić information content (AvgIpc) is 2.70. The van der Waals surface area contributed by atoms with Gasteiger partial charge in [0.15, 0.2) is 6.61 Å². The molecular weight excluding hydrogens is 364 g/mol. The van der Waals surface area contributed by atoms with Gasteiger partial charge < -0.3 is 9.47 Å². The predicted molar refractivity (Wildman–Crippen MR) is 119 cm³/mol. The second kappa shape index (κ2) is 21.0. The highest BCUT2D eigenvalue weighted by molar-refractivity contribution is 5.91. The van der Waals surface area contributed by atoms with Crippen LogP contribution in [0.25, 0.3) is 0 Å². The van der Waals surface area contributed by atoms with Gasteiger partial charge in [-0.2, -0.15) is 0 Å². The van der Waals surface area contributed by atoms with E-state index in [4.69, 9.17) is 9.47 Å². The van der Waals surface area contributed by atoms with Crippen molar-refractivity contribution in [3.63, 3.8) is 0 Å². The molecular formula is C25H42O4. The Bertz CT molecular complexity index is 499. The summed E-state index contributed by atoms with van der Waals surface area (Å²) in [5.74, 6) is 4.79. The Morgan fingerprint density at radius 3 is 1.97 bits per heavy atom. The number of esters is 2. The van der Waals surface area contributed by atoms with Gasteiger partial charge in [-0.25, -0.2) is 9.59 Å². The summed E-state index contributed by atoms with van der Waals surface area (Å²) < 4.78 is 10.2. The summed E-state index contributed by atoms with van der Waals surface area (Å²) in [6, 6.07) is 0. The number of rotatable bonds is 17. The smallest absolute Gasteiger partial charge is 0.331 e. The van der Waals surface area contributed by atoms with Crippen LogP contribution in [0.15, 0.2) is 12.2 Å². The van der Waals surface area contributed by atoms with Gasteiger partial charge in [0, 0.05) is 18.6 Å². The lowest BCUT2D eigenvalue weighted by Gasteiger charge is -2.11. The van der Waals surface area contributed by atoms with E-state index in [0.29, 0.717) is 0 Å². The van der Waals surface area contributed by atoms with Crippen LogP contribution in [0.3, 0.4) is 0 Å². The zero-order chi connectivity index (χ0) is 21.6. The van der Waals surface area contributed by atoms with E-state index < -0.39 is 11.9 Å². The van der Waals surface area contributed by atoms with Crippen molar-refractivity contribution in [3.05, 3.63) is 12.2 Å². The highest BCUT2D eigenvalue weighted by Gasteiger charge is 2.07. The van der Waals surface area contributed by atoms with Crippen molar-refractivity contribution >= 4 is 11.9 Å². The Kier molecular flexibility index (Phi) is 19.7. The van der Waals surface area contributed by atoms with Crippen molar-refractivity contribution in [3.8, 4) is 11.8 Å². The van der Waals surface area contributed by atoms with Crippen molar-refractivity contribution in [2.75, 3.05) is 6.61 Å². The predicted octanol–water partition coefficient (Wildman–Crippen LogP) is 6.52. The van der Waals surface area contributed by atoms with Gasteiger partial charge in [0.1, 0.15) is 0 Å². The lowest BCUT2D eigenvalue weighted by Crippen LogP contribution is -2.13. The first-order valence-corrected chi connectivity index (χ1v) is 11.6. The monoisotopic (exact) mass is 406 g/mol. The van der Waals surface area contributed by atoms with Crippen LogP contribution >= 0.6 is 0 Å². The number of carbonyl (C=O) groups excluding carboxylic acids is 2. The minimum Gasteiger partial charge on any atom is -0.460 e. The van der Waals surface area contributed by atoms with E-state index in [1.807, 2.05) is 6.92 Å². The molecule has 0 spiro atoms. The molecule has 0 N–H and O–H groups in total. The second-order valence-corrected chi connectivity index (χ2v) is 7.62. The van der Waals surface area contributed by atoms with E-state index in [9.17, 15) is 9.59 Å². The Hall–Kier alpha value is -1.76. The van der Waals surface area contributed by atoms with Gasteiger partial charge in [-0.15, -0.1) is 0 Å². The van der Waals surface area contributed by atoms with E-state index in [-0.39, 0.29) is 12.7 Å². The van der Waals surface area contributed by atoms with Crippen LogP contribution in [-0.4, -0.2) is 24.6 Å². The zero-order valence-electron chi connectivity index (χ0n) is 19.0. The number of carbonyl (C=O) groups is 2. The van der Waals surface area contributed by atoms with Crippen LogP contribution < -0.4 is 0 Å². The first kappa shape index (κ1) is 27.2. The summed E-state index contributed by atoms with van der Waals surface area (Å²) in [6.07, 6.45) is 18.6. The van der Waals surface area contributed by atoms with Gasteiger partial charge >= 0.3 is 11.9 Å². The van der Waals surface area contributed by atoms with Gasteiger partial charge in [-0.1, -0.05) is 89.9 Å². The molecule has 1 atom stereocenters. The van der Waals surface area contributed by atoms with Crippen molar-refractivity contribution in [1.82, 2.24) is 0 Å². The van der Waals surface area contributed by atoms with E-state index in [1.54, 1.807) is 0 Å². The normalized spacial score (nSPS) is 11.7. The lowest BCUT2D eigenvalue weighted by atomic mass is 10.1. The summed E-state index contributed by atoms with van der Waals surface area (Å²) in [6.45, 7) is 6.33. The highest BCUT2D eigenvalue weighted by Crippen LogP contribution is 2.09. The topological polar surface area (TPSA) is 52.6 Å². The maximum absolute atomic E-state index is 11.7. The molecule has 0 aliphatic rings. The van der Waals surface area contributed by atoms with Crippen molar-refractivity contribution in [1.29, 1.82) is 0 Å². The third-order valence-corrected chi connectivity index (χ3v) is 4.70. The summed E-state index contributed by atoms with van der Waals surface area (Å²) in [7, 11) is 0. The molecule has 1 unspecified atom stereocenters. The molecule has 0 heterocycles. The van der Waals surface area contributed by atoms with Crippen molar-refractivity contribution in [2.24, 2.45) is 0 Å². The molecule has 166 valence electrons. The zero-order valence-corrected chi connectivity index (χ0v) is 19.0. The van der Waals surface area contributed by atoms with Crippen LogP contribution in [0.5, 0.6) is 0 Å². The minimum absolute atomic E-state index is 0.0586. The van der Waals surface area contributed by atoms with Gasteiger partial charge in [-0.05, 0) is 26.2 Å². The van der Waals surface area contributed by atoms with Crippen LogP contribution in [0.2, 0.25) is 0 Å². The van der Waals surface area contributed by atoms with Gasteiger partial charge in [0.05, 0.1) is 6.10 Å². The lowest BCUT2D eigenvalue weighted by molar-refractivity contribution is -0.143. The fraction of sp³-hybridized carbons (Fsp3) is 0.760. The minimum atomic E-state index is -0.570. The second-order valence-electron chi connectivity index (χ2n) is 7.62. The van der Waals surface area contributed by atoms with Crippen LogP contribution in [0.4, 0.5) is 0 Å². The third-order valence-electron chi connectivity index (χ3n) is 4.70. The molecule has 0 saturated carbocycles. The quantitative estimate of drug-likeness (QED) is 0.119. The van der Waals surface area contributed by atoms with Gasteiger partial charge in [-0.3, -0.25) is 0 Å². The molecule has 0 bridgehead atoms. The fourth-order valence-electron chi connectivity index (χ4n) is 2.93. The molecule has 0 radical (unpaired) electrons. The first-order chi connectivity index (χ1) is 14.1. The molecule has 29 heavy (non-hydrogen) atoms. The molecule has 4 heteroatoms. The van der Waals surface area contributed by atoms with Crippen molar-refractivity contribution in [2.45, 2.75) is 117 Å². The average molecular weight is 407 g/mol. The van der Waals surface area contributed by atoms with E-state index >= 15 is 0 Å². The van der Waals surface area contributed by atoms with Gasteiger partial charge in [0.25, 0.3) is 0 Å². The third kappa shape index (κ3) is 20.8. The molecule has 4 nitrogen and oxygen atoms in total. The van der Waals surface area contributed by atoms with Crippen molar-refractivity contribution < 1.29 is 19.1 Å². The molecule has 0 aromatic heterocycles. The maximum Gasteiger partial charge on any atom is 0.331 e. The molecule has 0 rings (SSSR count). The van der Waals surface area contributed by atoms with Crippen LogP contribution in [-0.2, 0) is 19.1 Å². The Morgan fingerprint density at radius 1 is 0.759 bits per heavy atom. The summed E-state index contributed by atoms with van der Waals surface area (Å²) in [4.78, 5) is 23.3. The Morgan fingerprint density at radius 2 is 1.31 bits per heavy atom. The Labute approximate surface area is 178 Å². The number of hydrogen-bond donors (Lipinski definition) is 0. The first-order valence-electron chi connectivity index (χ1n) is 11.6. The largest absolute Gasteiger partial charge is 0.460 e.